The average molecular weight is 416 g/mol. The monoisotopic (exact) mass is 414 g/mol. The van der Waals surface area contributed by atoms with Gasteiger partial charge in [0.05, 0.1) is 11.1 Å². The highest BCUT2D eigenvalue weighted by atomic mass is 79.9. The van der Waals surface area contributed by atoms with E-state index in [-0.39, 0.29) is 22.4 Å². The normalized spacial score (nSPS) is 12.1. The van der Waals surface area contributed by atoms with E-state index >= 15 is 0 Å². The van der Waals surface area contributed by atoms with E-state index < -0.39 is 23.2 Å². The number of carbonyl (C=O) groups is 2. The molecule has 0 aliphatic heterocycles. The lowest BCUT2D eigenvalue weighted by Crippen LogP contribution is -2.26. The van der Waals surface area contributed by atoms with Crippen molar-refractivity contribution < 1.29 is 27.8 Å². The number of Topliss-reactive ketones (excluding diaryl/α,β-unsaturated/α-hetero) is 1. The topological polar surface area (TPSA) is 52.6 Å². The first kappa shape index (κ1) is 17.0. The van der Waals surface area contributed by atoms with Crippen LogP contribution < -0.4 is 4.74 Å². The van der Waals surface area contributed by atoms with E-state index in [1.54, 1.807) is 6.92 Å². The summed E-state index contributed by atoms with van der Waals surface area (Å²) in [6.45, 7) is -1.27. The molecular weight excluding hydrogens is 406 g/mol. The molecule has 0 saturated heterocycles. The van der Waals surface area contributed by atoms with Gasteiger partial charge in [0, 0.05) is 5.56 Å². The van der Waals surface area contributed by atoms with Crippen LogP contribution in [0.2, 0.25) is 0 Å². The molecule has 4 nitrogen and oxygen atoms in total. The van der Waals surface area contributed by atoms with Crippen molar-refractivity contribution in [2.24, 2.45) is 0 Å². The molecule has 0 heterocycles. The maximum absolute atomic E-state index is 12.2. The van der Waals surface area contributed by atoms with E-state index in [1.165, 1.54) is 12.1 Å². The van der Waals surface area contributed by atoms with Gasteiger partial charge in [-0.15, -0.1) is 0 Å². The number of alkyl halides is 3. The Morgan fingerprint density at radius 3 is 2.55 bits per heavy atom. The first-order valence-electron chi connectivity index (χ1n) is 5.46. The van der Waals surface area contributed by atoms with Crippen LogP contribution in [0.5, 0.6) is 5.75 Å². The Morgan fingerprint density at radius 2 is 2.00 bits per heavy atom. The van der Waals surface area contributed by atoms with Crippen LogP contribution in [0.3, 0.4) is 0 Å². The first-order chi connectivity index (χ1) is 9.36. The van der Waals surface area contributed by atoms with Crippen molar-refractivity contribution in [3.05, 3.63) is 28.2 Å². The molecule has 0 aromatic heterocycles. The summed E-state index contributed by atoms with van der Waals surface area (Å²) < 4.78 is 33.7. The summed E-state index contributed by atoms with van der Waals surface area (Å²) in [5.41, 5.74) is 0.0544. The van der Waals surface area contributed by atoms with Gasteiger partial charge in [-0.1, -0.05) is 15.9 Å². The van der Waals surface area contributed by atoms with Crippen LogP contribution in [0, 0.1) is 0 Å². The Labute approximate surface area is 130 Å². The summed E-state index contributed by atoms with van der Waals surface area (Å²) in [5.74, 6) is -1.53. The number of benzene rings is 1. The van der Waals surface area contributed by atoms with Crippen molar-refractivity contribution in [2.75, 3.05) is 6.61 Å². The quantitative estimate of drug-likeness (QED) is 0.308. The Hall–Kier alpha value is -1.02. The van der Waals surface area contributed by atoms with Crippen molar-refractivity contribution in [3.8, 4) is 5.75 Å². The zero-order valence-corrected chi connectivity index (χ0v) is 13.4. The molecule has 1 unspecified atom stereocenters. The zero-order chi connectivity index (χ0) is 15.3. The van der Waals surface area contributed by atoms with Crippen LogP contribution in [0.15, 0.2) is 22.7 Å². The number of ketones is 1. The number of carbonyl (C=O) groups excluding carboxylic acids is 2. The number of hydrogen-bond acceptors (Lipinski definition) is 4. The smallest absolute Gasteiger partial charge is 0.387 e. The van der Waals surface area contributed by atoms with E-state index in [2.05, 4.69) is 36.6 Å². The first-order valence-corrected chi connectivity index (χ1v) is 7.17. The highest BCUT2D eigenvalue weighted by molar-refractivity contribution is 9.10. The summed E-state index contributed by atoms with van der Waals surface area (Å²) in [7, 11) is 0. The molecule has 0 spiro atoms. The fourth-order valence-electron chi connectivity index (χ4n) is 1.31. The van der Waals surface area contributed by atoms with Gasteiger partial charge in [0.1, 0.15) is 5.75 Å². The van der Waals surface area contributed by atoms with Gasteiger partial charge in [-0.3, -0.25) is 9.59 Å². The summed E-state index contributed by atoms with van der Waals surface area (Å²) in [6, 6.07) is 3.90. The van der Waals surface area contributed by atoms with Gasteiger partial charge in [0.2, 0.25) is 0 Å². The molecule has 1 aromatic rings. The van der Waals surface area contributed by atoms with Gasteiger partial charge >= 0.3 is 12.6 Å². The third-order valence-corrected chi connectivity index (χ3v) is 3.60. The molecule has 0 saturated carbocycles. The lowest BCUT2D eigenvalue weighted by molar-refractivity contribution is -0.141. The Bertz CT molecular complexity index is 508. The van der Waals surface area contributed by atoms with Gasteiger partial charge in [-0.25, -0.2) is 0 Å². The number of esters is 1. The van der Waals surface area contributed by atoms with Crippen molar-refractivity contribution in [3.63, 3.8) is 0 Å². The highest BCUT2D eigenvalue weighted by Crippen LogP contribution is 2.28. The van der Waals surface area contributed by atoms with E-state index in [4.69, 9.17) is 4.74 Å². The third kappa shape index (κ3) is 4.52. The Kier molecular flexibility index (Phi) is 6.54. The molecule has 0 fully saturated rings. The number of rotatable bonds is 6. The molecule has 0 bridgehead atoms. The van der Waals surface area contributed by atoms with Gasteiger partial charge in [-0.2, -0.15) is 8.78 Å². The second kappa shape index (κ2) is 7.68. The SMILES string of the molecule is CCOC(=O)C(Br)C(=O)c1ccc(Br)c(OC(F)F)c1. The molecule has 0 radical (unpaired) electrons. The lowest BCUT2D eigenvalue weighted by Gasteiger charge is -2.11. The van der Waals surface area contributed by atoms with E-state index in [0.29, 0.717) is 0 Å². The summed E-state index contributed by atoms with van der Waals surface area (Å²) in [4.78, 5) is 22.2. The van der Waals surface area contributed by atoms with Crippen molar-refractivity contribution >= 4 is 43.6 Å². The predicted molar refractivity (Wildman–Crippen MR) is 74.5 cm³/mol. The molecular formula is C12H10Br2F2O4. The van der Waals surface area contributed by atoms with E-state index in [0.717, 1.165) is 6.07 Å². The minimum absolute atomic E-state index is 0.0544. The van der Waals surface area contributed by atoms with Crippen LogP contribution in [-0.4, -0.2) is 29.8 Å². The zero-order valence-electron chi connectivity index (χ0n) is 10.2. The van der Waals surface area contributed by atoms with Crippen LogP contribution in [0.4, 0.5) is 8.78 Å². The summed E-state index contributed by atoms with van der Waals surface area (Å²) >= 11 is 5.94. The average Bonchev–Trinajstić information content (AvgIpc) is 2.39. The largest absolute Gasteiger partial charge is 0.465 e. The van der Waals surface area contributed by atoms with Gasteiger partial charge in [0.15, 0.2) is 10.6 Å². The Morgan fingerprint density at radius 1 is 1.35 bits per heavy atom. The maximum atomic E-state index is 12.2. The van der Waals surface area contributed by atoms with Crippen LogP contribution in [0.25, 0.3) is 0 Å². The third-order valence-electron chi connectivity index (χ3n) is 2.16. The second-order valence-electron chi connectivity index (χ2n) is 3.50. The maximum Gasteiger partial charge on any atom is 0.387 e. The Balaban J connectivity index is 2.96. The highest BCUT2D eigenvalue weighted by Gasteiger charge is 2.26. The standard InChI is InChI=1S/C12H10Br2F2O4/c1-2-19-11(18)9(14)10(17)6-3-4-7(13)8(5-6)20-12(15)16/h3-5,9,12H,2H2,1H3. The molecule has 1 atom stereocenters. The molecule has 0 N–H and O–H groups in total. The van der Waals surface area contributed by atoms with Crippen molar-refractivity contribution in [2.45, 2.75) is 18.4 Å². The lowest BCUT2D eigenvalue weighted by atomic mass is 10.1. The fourth-order valence-corrected chi connectivity index (χ4v) is 2.05. The molecule has 0 aliphatic rings. The van der Waals surface area contributed by atoms with Gasteiger partial charge < -0.3 is 9.47 Å². The number of hydrogen-bond donors (Lipinski definition) is 0. The molecule has 110 valence electrons. The summed E-state index contributed by atoms with van der Waals surface area (Å²) in [5, 5.41) is 0. The molecule has 0 aliphatic carbocycles. The number of halogens is 4. The number of ether oxygens (including phenoxy) is 2. The van der Waals surface area contributed by atoms with Crippen LogP contribution in [-0.2, 0) is 9.53 Å². The van der Waals surface area contributed by atoms with Crippen molar-refractivity contribution in [1.82, 2.24) is 0 Å². The molecule has 20 heavy (non-hydrogen) atoms. The molecule has 8 heteroatoms. The van der Waals surface area contributed by atoms with E-state index in [1.807, 2.05) is 0 Å². The summed E-state index contributed by atoms with van der Waals surface area (Å²) in [6.07, 6.45) is 0. The molecule has 0 amide bonds. The molecule has 1 aromatic carbocycles. The van der Waals surface area contributed by atoms with Crippen LogP contribution in [0.1, 0.15) is 17.3 Å². The van der Waals surface area contributed by atoms with Crippen molar-refractivity contribution in [1.29, 1.82) is 0 Å². The second-order valence-corrected chi connectivity index (χ2v) is 5.27. The minimum atomic E-state index is -3.01. The minimum Gasteiger partial charge on any atom is -0.465 e. The van der Waals surface area contributed by atoms with Crippen LogP contribution >= 0.6 is 31.9 Å². The van der Waals surface area contributed by atoms with Gasteiger partial charge in [-0.05, 0) is 41.1 Å². The molecule has 1 rings (SSSR count). The fraction of sp³-hybridized carbons (Fsp3) is 0.333. The van der Waals surface area contributed by atoms with E-state index in [9.17, 15) is 18.4 Å². The van der Waals surface area contributed by atoms with Gasteiger partial charge in [0.25, 0.3) is 0 Å². The predicted octanol–water partition coefficient (Wildman–Crippen LogP) is 3.56.